The summed E-state index contributed by atoms with van der Waals surface area (Å²) < 4.78 is 11.6. The number of aryl methyl sites for hydroxylation is 1. The fourth-order valence-electron chi connectivity index (χ4n) is 2.15. The normalized spacial score (nSPS) is 9.76. The highest BCUT2D eigenvalue weighted by Gasteiger charge is 2.03. The Morgan fingerprint density at radius 3 is 2.16 bits per heavy atom. The number of hydrogen-bond donors (Lipinski definition) is 0. The van der Waals surface area contributed by atoms with E-state index >= 15 is 0 Å². The SMILES string of the molecule is CC.Cc1ccc(Oc2cccc(OCc3ccccc3Cl)c2)cc1. The molecule has 0 bridgehead atoms. The molecule has 0 aliphatic heterocycles. The molecular weight excluding hydrogens is 332 g/mol. The number of benzene rings is 3. The van der Waals surface area contributed by atoms with Gasteiger partial charge in [0.25, 0.3) is 0 Å². The van der Waals surface area contributed by atoms with E-state index in [4.69, 9.17) is 21.1 Å². The molecule has 0 aliphatic carbocycles. The highest BCUT2D eigenvalue weighted by molar-refractivity contribution is 6.31. The molecule has 3 aromatic rings. The molecular formula is C22H23ClO2. The molecule has 3 heteroatoms. The summed E-state index contributed by atoms with van der Waals surface area (Å²) in [4.78, 5) is 0. The predicted molar refractivity (Wildman–Crippen MR) is 105 cm³/mol. The second-order valence-corrected chi connectivity index (χ2v) is 5.68. The standard InChI is InChI=1S/C20H17ClO2.C2H6/c1-15-9-11-17(12-10-15)23-19-7-4-6-18(13-19)22-14-16-5-2-3-8-20(16)21;1-2/h2-13H,14H2,1H3;1-2H3. The molecule has 0 aromatic heterocycles. The Hall–Kier alpha value is -2.45. The third-order valence-electron chi connectivity index (χ3n) is 3.41. The Labute approximate surface area is 155 Å². The van der Waals surface area contributed by atoms with Crippen molar-refractivity contribution in [2.24, 2.45) is 0 Å². The molecule has 3 rings (SSSR count). The summed E-state index contributed by atoms with van der Waals surface area (Å²) in [6, 6.07) is 23.2. The largest absolute Gasteiger partial charge is 0.489 e. The van der Waals surface area contributed by atoms with E-state index in [1.165, 1.54) is 5.56 Å². The van der Waals surface area contributed by atoms with Gasteiger partial charge in [-0.05, 0) is 37.3 Å². The number of halogens is 1. The van der Waals surface area contributed by atoms with Gasteiger partial charge in [-0.2, -0.15) is 0 Å². The molecule has 130 valence electrons. The van der Waals surface area contributed by atoms with Gasteiger partial charge in [-0.15, -0.1) is 0 Å². The van der Waals surface area contributed by atoms with Gasteiger partial charge in [0.15, 0.2) is 0 Å². The Morgan fingerprint density at radius 1 is 0.760 bits per heavy atom. The fourth-order valence-corrected chi connectivity index (χ4v) is 2.34. The zero-order chi connectivity index (χ0) is 18.1. The van der Waals surface area contributed by atoms with Gasteiger partial charge in [0.05, 0.1) is 0 Å². The predicted octanol–water partition coefficient (Wildman–Crippen LogP) is 7.05. The van der Waals surface area contributed by atoms with E-state index in [0.29, 0.717) is 11.6 Å². The minimum absolute atomic E-state index is 0.424. The summed E-state index contributed by atoms with van der Waals surface area (Å²) in [5.41, 5.74) is 2.16. The molecule has 2 nitrogen and oxygen atoms in total. The van der Waals surface area contributed by atoms with Crippen LogP contribution in [-0.2, 0) is 6.61 Å². The lowest BCUT2D eigenvalue weighted by atomic mass is 10.2. The third-order valence-corrected chi connectivity index (χ3v) is 3.78. The maximum atomic E-state index is 6.14. The van der Waals surface area contributed by atoms with Crippen molar-refractivity contribution in [2.75, 3.05) is 0 Å². The summed E-state index contributed by atoms with van der Waals surface area (Å²) in [7, 11) is 0. The summed E-state index contributed by atoms with van der Waals surface area (Å²) in [5.74, 6) is 2.29. The first kappa shape index (κ1) is 18.9. The Morgan fingerprint density at radius 2 is 1.44 bits per heavy atom. The van der Waals surface area contributed by atoms with Crippen molar-refractivity contribution in [2.45, 2.75) is 27.4 Å². The van der Waals surface area contributed by atoms with Crippen LogP contribution in [0.5, 0.6) is 17.2 Å². The van der Waals surface area contributed by atoms with Crippen LogP contribution in [0.2, 0.25) is 5.02 Å². The maximum absolute atomic E-state index is 6.14. The second-order valence-electron chi connectivity index (χ2n) is 5.27. The van der Waals surface area contributed by atoms with Gasteiger partial charge in [-0.3, -0.25) is 0 Å². The molecule has 3 aromatic carbocycles. The van der Waals surface area contributed by atoms with Crippen molar-refractivity contribution in [3.63, 3.8) is 0 Å². The number of rotatable bonds is 5. The van der Waals surface area contributed by atoms with Crippen LogP contribution >= 0.6 is 11.6 Å². The number of ether oxygens (including phenoxy) is 2. The van der Waals surface area contributed by atoms with E-state index in [2.05, 4.69) is 0 Å². The lowest BCUT2D eigenvalue weighted by Crippen LogP contribution is -1.96. The molecule has 0 saturated carbocycles. The van der Waals surface area contributed by atoms with E-state index in [9.17, 15) is 0 Å². The van der Waals surface area contributed by atoms with Crippen LogP contribution in [-0.4, -0.2) is 0 Å². The van der Waals surface area contributed by atoms with Crippen molar-refractivity contribution in [3.8, 4) is 17.2 Å². The van der Waals surface area contributed by atoms with Gasteiger partial charge < -0.3 is 9.47 Å². The zero-order valence-electron chi connectivity index (χ0n) is 14.8. The van der Waals surface area contributed by atoms with Crippen molar-refractivity contribution in [3.05, 3.63) is 88.9 Å². The van der Waals surface area contributed by atoms with E-state index in [0.717, 1.165) is 22.8 Å². The van der Waals surface area contributed by atoms with Crippen LogP contribution in [0.4, 0.5) is 0 Å². The van der Waals surface area contributed by atoms with Crippen LogP contribution in [0.25, 0.3) is 0 Å². The molecule has 25 heavy (non-hydrogen) atoms. The quantitative estimate of drug-likeness (QED) is 0.489. The van der Waals surface area contributed by atoms with E-state index < -0.39 is 0 Å². The topological polar surface area (TPSA) is 18.5 Å². The second kappa shape index (κ2) is 9.75. The lowest BCUT2D eigenvalue weighted by molar-refractivity contribution is 0.305. The summed E-state index contributed by atoms with van der Waals surface area (Å²) in [6.07, 6.45) is 0. The minimum Gasteiger partial charge on any atom is -0.489 e. The van der Waals surface area contributed by atoms with Crippen molar-refractivity contribution >= 4 is 11.6 Å². The Balaban J connectivity index is 0.00000109. The summed E-state index contributed by atoms with van der Waals surface area (Å²) >= 11 is 6.14. The molecule has 0 N–H and O–H groups in total. The minimum atomic E-state index is 0.424. The lowest BCUT2D eigenvalue weighted by Gasteiger charge is -2.10. The summed E-state index contributed by atoms with van der Waals surface area (Å²) in [5, 5.41) is 0.708. The zero-order valence-corrected chi connectivity index (χ0v) is 15.6. The third kappa shape index (κ3) is 5.84. The maximum Gasteiger partial charge on any atom is 0.131 e. The molecule has 0 amide bonds. The Kier molecular flexibility index (Phi) is 7.36. The van der Waals surface area contributed by atoms with Crippen molar-refractivity contribution < 1.29 is 9.47 Å². The van der Waals surface area contributed by atoms with Gasteiger partial charge in [-0.25, -0.2) is 0 Å². The van der Waals surface area contributed by atoms with Gasteiger partial charge >= 0.3 is 0 Å². The Bertz CT molecular complexity index is 782. The van der Waals surface area contributed by atoms with Gasteiger partial charge in [-0.1, -0.05) is 67.4 Å². The molecule has 0 spiro atoms. The fraction of sp³-hybridized carbons (Fsp3) is 0.182. The average Bonchev–Trinajstić information content (AvgIpc) is 2.65. The van der Waals surface area contributed by atoms with Gasteiger partial charge in [0, 0.05) is 16.7 Å². The van der Waals surface area contributed by atoms with Crippen LogP contribution in [0.15, 0.2) is 72.8 Å². The molecule has 0 fully saturated rings. The van der Waals surface area contributed by atoms with E-state index in [1.807, 2.05) is 93.6 Å². The molecule has 0 radical (unpaired) electrons. The first-order valence-electron chi connectivity index (χ1n) is 8.41. The molecule has 0 aliphatic rings. The van der Waals surface area contributed by atoms with Crippen LogP contribution < -0.4 is 9.47 Å². The van der Waals surface area contributed by atoms with E-state index in [-0.39, 0.29) is 0 Å². The molecule has 0 unspecified atom stereocenters. The highest BCUT2D eigenvalue weighted by Crippen LogP contribution is 2.26. The molecule has 0 saturated heterocycles. The average molecular weight is 355 g/mol. The summed E-state index contributed by atoms with van der Waals surface area (Å²) in [6.45, 7) is 6.47. The van der Waals surface area contributed by atoms with Crippen LogP contribution in [0.3, 0.4) is 0 Å². The molecule has 0 atom stereocenters. The first-order chi connectivity index (χ1) is 12.2. The van der Waals surface area contributed by atoms with Gasteiger partial charge in [0.2, 0.25) is 0 Å². The van der Waals surface area contributed by atoms with Crippen molar-refractivity contribution in [1.82, 2.24) is 0 Å². The highest BCUT2D eigenvalue weighted by atomic mass is 35.5. The van der Waals surface area contributed by atoms with Crippen molar-refractivity contribution in [1.29, 1.82) is 0 Å². The molecule has 0 heterocycles. The first-order valence-corrected chi connectivity index (χ1v) is 8.79. The number of hydrogen-bond acceptors (Lipinski definition) is 2. The monoisotopic (exact) mass is 354 g/mol. The van der Waals surface area contributed by atoms with Gasteiger partial charge in [0.1, 0.15) is 23.9 Å². The van der Waals surface area contributed by atoms with Crippen LogP contribution in [0, 0.1) is 6.92 Å². The smallest absolute Gasteiger partial charge is 0.131 e. The van der Waals surface area contributed by atoms with E-state index in [1.54, 1.807) is 0 Å². The van der Waals surface area contributed by atoms with Crippen LogP contribution in [0.1, 0.15) is 25.0 Å².